The Morgan fingerprint density at radius 1 is 1.15 bits per heavy atom. The molecule has 4 bridgehead atoms. The number of ether oxygens (including phenoxy) is 2. The van der Waals surface area contributed by atoms with Gasteiger partial charge in [0.1, 0.15) is 5.76 Å². The van der Waals surface area contributed by atoms with Gasteiger partial charge in [0.15, 0.2) is 28.7 Å². The summed E-state index contributed by atoms with van der Waals surface area (Å²) < 4.78 is 16.6. The molecule has 0 radical (unpaired) electrons. The maximum absolute atomic E-state index is 13.0. The molecule has 2 N–H and O–H groups in total. The maximum Gasteiger partial charge on any atom is 0.276 e. The molecule has 1 aromatic heterocycles. The van der Waals surface area contributed by atoms with Crippen LogP contribution in [0.1, 0.15) is 39.7 Å². The van der Waals surface area contributed by atoms with Gasteiger partial charge in [-0.3, -0.25) is 9.59 Å². The number of phenols is 1. The van der Waals surface area contributed by atoms with E-state index in [4.69, 9.17) is 14.0 Å². The number of fused-ring (bicyclic) bond motifs is 6. The van der Waals surface area contributed by atoms with Crippen LogP contribution in [0.2, 0.25) is 0 Å². The average molecular weight is 463 g/mol. The van der Waals surface area contributed by atoms with Crippen molar-refractivity contribution in [2.24, 2.45) is 0 Å². The number of aromatic nitrogens is 1. The molecule has 2 amide bonds. The minimum atomic E-state index is -0.289. The van der Waals surface area contributed by atoms with E-state index in [1.807, 2.05) is 12.1 Å². The first-order valence-corrected chi connectivity index (χ1v) is 11.1. The SMILES string of the molecule is COc1ccc2cc1Oc1cc(ccc1O)CCC(=O)N[C@@H]1CN(C(=O)c3cc(C)on3)C[C@@H]21. The van der Waals surface area contributed by atoms with Gasteiger partial charge >= 0.3 is 0 Å². The number of hydrogen-bond donors (Lipinski definition) is 2. The lowest BCUT2D eigenvalue weighted by molar-refractivity contribution is -0.121. The Hall–Kier alpha value is -4.01. The van der Waals surface area contributed by atoms with Crippen molar-refractivity contribution in [3.8, 4) is 23.0 Å². The number of carbonyl (C=O) groups is 2. The fourth-order valence-electron chi connectivity index (χ4n) is 4.54. The predicted molar refractivity (Wildman–Crippen MR) is 121 cm³/mol. The summed E-state index contributed by atoms with van der Waals surface area (Å²) in [4.78, 5) is 27.5. The van der Waals surface area contributed by atoms with Crippen molar-refractivity contribution in [1.82, 2.24) is 15.4 Å². The number of carbonyl (C=O) groups excluding carboxylic acids is 2. The summed E-state index contributed by atoms with van der Waals surface area (Å²) in [7, 11) is 1.55. The summed E-state index contributed by atoms with van der Waals surface area (Å²) in [5, 5.41) is 17.3. The molecular formula is C25H25N3O6. The smallest absolute Gasteiger partial charge is 0.276 e. The van der Waals surface area contributed by atoms with Crippen LogP contribution in [0.5, 0.6) is 23.0 Å². The number of aryl methyl sites for hydroxylation is 2. The molecule has 3 heterocycles. The van der Waals surface area contributed by atoms with Gasteiger partial charge in [0, 0.05) is 31.5 Å². The molecule has 9 nitrogen and oxygen atoms in total. The third-order valence-electron chi connectivity index (χ3n) is 6.30. The van der Waals surface area contributed by atoms with Crippen LogP contribution in [-0.4, -0.2) is 53.2 Å². The summed E-state index contributed by atoms with van der Waals surface area (Å²) in [5.74, 6) is 1.26. The van der Waals surface area contributed by atoms with E-state index in [2.05, 4.69) is 10.5 Å². The fourth-order valence-corrected chi connectivity index (χ4v) is 4.54. The third-order valence-corrected chi connectivity index (χ3v) is 6.30. The van der Waals surface area contributed by atoms with E-state index in [0.717, 1.165) is 11.1 Å². The molecule has 2 aromatic carbocycles. The minimum absolute atomic E-state index is 0.00560. The van der Waals surface area contributed by atoms with Crippen molar-refractivity contribution in [2.45, 2.75) is 31.7 Å². The predicted octanol–water partition coefficient (Wildman–Crippen LogP) is 3.16. The highest BCUT2D eigenvalue weighted by Crippen LogP contribution is 2.40. The van der Waals surface area contributed by atoms with Crippen molar-refractivity contribution in [2.75, 3.05) is 20.2 Å². The van der Waals surface area contributed by atoms with Gasteiger partial charge in [0.25, 0.3) is 5.91 Å². The molecular weight excluding hydrogens is 438 g/mol. The molecule has 0 spiro atoms. The number of nitrogens with zero attached hydrogens (tertiary/aromatic N) is 2. The van der Waals surface area contributed by atoms with Gasteiger partial charge in [-0.2, -0.15) is 0 Å². The van der Waals surface area contributed by atoms with Crippen molar-refractivity contribution in [3.63, 3.8) is 0 Å². The number of nitrogens with one attached hydrogen (secondary N) is 1. The number of rotatable bonds is 2. The Bertz CT molecular complexity index is 1250. The summed E-state index contributed by atoms with van der Waals surface area (Å²) in [6.45, 7) is 2.47. The topological polar surface area (TPSA) is 114 Å². The summed E-state index contributed by atoms with van der Waals surface area (Å²) in [6.07, 6.45) is 0.750. The average Bonchev–Trinajstić information content (AvgIpc) is 3.45. The number of hydrogen-bond acceptors (Lipinski definition) is 7. The number of phenolic OH excluding ortho intramolecular Hbond substituents is 1. The second-order valence-electron chi connectivity index (χ2n) is 8.63. The molecule has 1 saturated heterocycles. The number of benzene rings is 2. The van der Waals surface area contributed by atoms with Crippen LogP contribution in [0.4, 0.5) is 0 Å². The Balaban J connectivity index is 1.53. The Morgan fingerprint density at radius 2 is 2.00 bits per heavy atom. The van der Waals surface area contributed by atoms with Crippen LogP contribution in [0.3, 0.4) is 0 Å². The molecule has 34 heavy (non-hydrogen) atoms. The largest absolute Gasteiger partial charge is 0.504 e. The lowest BCUT2D eigenvalue weighted by atomic mass is 9.93. The number of amides is 2. The number of aromatic hydroxyl groups is 1. The van der Waals surface area contributed by atoms with Crippen LogP contribution >= 0.6 is 0 Å². The van der Waals surface area contributed by atoms with Crippen LogP contribution in [0.15, 0.2) is 47.0 Å². The first-order chi connectivity index (χ1) is 16.4. The zero-order valence-electron chi connectivity index (χ0n) is 18.9. The highest BCUT2D eigenvalue weighted by atomic mass is 16.5. The number of likely N-dealkylation sites (tertiary alicyclic amines) is 1. The molecule has 5 rings (SSSR count). The van der Waals surface area contributed by atoms with Gasteiger partial charge in [-0.15, -0.1) is 0 Å². The molecule has 176 valence electrons. The molecule has 0 aliphatic carbocycles. The second-order valence-corrected chi connectivity index (χ2v) is 8.63. The lowest BCUT2D eigenvalue weighted by Crippen LogP contribution is -2.40. The normalized spacial score (nSPS) is 19.7. The van der Waals surface area contributed by atoms with Crippen molar-refractivity contribution < 1.29 is 28.7 Å². The first-order valence-electron chi connectivity index (χ1n) is 11.1. The van der Waals surface area contributed by atoms with Crippen molar-refractivity contribution >= 4 is 11.8 Å². The zero-order valence-corrected chi connectivity index (χ0v) is 18.9. The zero-order chi connectivity index (χ0) is 23.8. The van der Waals surface area contributed by atoms with Crippen LogP contribution in [0.25, 0.3) is 0 Å². The van der Waals surface area contributed by atoms with Gasteiger partial charge < -0.3 is 29.3 Å². The number of methoxy groups -OCH3 is 1. The van der Waals surface area contributed by atoms with E-state index in [0.29, 0.717) is 36.8 Å². The van der Waals surface area contributed by atoms with Crippen LogP contribution in [0, 0.1) is 6.92 Å². The van der Waals surface area contributed by atoms with E-state index in [1.54, 1.807) is 49.3 Å². The molecule has 2 aliphatic rings. The lowest BCUT2D eigenvalue weighted by Gasteiger charge is -2.21. The highest BCUT2D eigenvalue weighted by molar-refractivity contribution is 5.92. The Kier molecular flexibility index (Phi) is 5.61. The maximum atomic E-state index is 13.0. The van der Waals surface area contributed by atoms with Crippen molar-refractivity contribution in [3.05, 3.63) is 65.0 Å². The molecule has 2 aliphatic heterocycles. The third kappa shape index (κ3) is 4.16. The summed E-state index contributed by atoms with van der Waals surface area (Å²) >= 11 is 0. The van der Waals surface area contributed by atoms with Crippen molar-refractivity contribution in [1.29, 1.82) is 0 Å². The van der Waals surface area contributed by atoms with E-state index in [-0.39, 0.29) is 47.4 Å². The van der Waals surface area contributed by atoms with E-state index in [1.165, 1.54) is 0 Å². The van der Waals surface area contributed by atoms with E-state index < -0.39 is 0 Å². The van der Waals surface area contributed by atoms with E-state index in [9.17, 15) is 14.7 Å². The molecule has 3 aromatic rings. The molecule has 2 atom stereocenters. The van der Waals surface area contributed by atoms with Crippen LogP contribution in [-0.2, 0) is 11.2 Å². The minimum Gasteiger partial charge on any atom is -0.504 e. The van der Waals surface area contributed by atoms with E-state index >= 15 is 0 Å². The molecule has 9 heteroatoms. The van der Waals surface area contributed by atoms with Gasteiger partial charge in [-0.25, -0.2) is 0 Å². The summed E-state index contributed by atoms with van der Waals surface area (Å²) in [5.41, 5.74) is 1.98. The first kappa shape index (κ1) is 21.8. The standard InChI is InChI=1S/C25H25N3O6/c1-14-9-18(27-34-14)25(31)28-12-17-16-5-7-21(32-2)23(11-16)33-22-10-15(3-6-20(22)29)4-8-24(30)26-19(17)13-28/h3,5-7,9-11,17,19,29H,4,8,12-13H2,1-2H3,(H,26,30)/t17-,19+/m0/s1. The molecule has 1 fully saturated rings. The highest BCUT2D eigenvalue weighted by Gasteiger charge is 2.38. The Labute approximate surface area is 196 Å². The molecule has 0 unspecified atom stereocenters. The Morgan fingerprint density at radius 3 is 2.76 bits per heavy atom. The fraction of sp³-hybridized carbons (Fsp3) is 0.320. The second kappa shape index (κ2) is 8.74. The van der Waals surface area contributed by atoms with Crippen LogP contribution < -0.4 is 14.8 Å². The van der Waals surface area contributed by atoms with Gasteiger partial charge in [0.05, 0.1) is 13.2 Å². The summed E-state index contributed by atoms with van der Waals surface area (Å²) in [6, 6.07) is 11.9. The van der Waals surface area contributed by atoms with Gasteiger partial charge in [-0.05, 0) is 48.7 Å². The van der Waals surface area contributed by atoms with Gasteiger partial charge in [-0.1, -0.05) is 17.3 Å². The molecule has 0 saturated carbocycles. The van der Waals surface area contributed by atoms with Gasteiger partial charge in [0.2, 0.25) is 5.91 Å². The monoisotopic (exact) mass is 463 g/mol. The quantitative estimate of drug-likeness (QED) is 0.600.